The molecule has 0 aliphatic carbocycles. The van der Waals surface area contributed by atoms with Crippen molar-refractivity contribution in [3.05, 3.63) is 35.4 Å². The van der Waals surface area contributed by atoms with Crippen molar-refractivity contribution >= 4 is 0 Å². The van der Waals surface area contributed by atoms with Gasteiger partial charge in [-0.3, -0.25) is 0 Å². The molecular formula is C12H19NO. The van der Waals surface area contributed by atoms with Gasteiger partial charge < -0.3 is 10.8 Å². The second-order valence-electron chi connectivity index (χ2n) is 4.52. The highest BCUT2D eigenvalue weighted by atomic mass is 16.3. The highest BCUT2D eigenvalue weighted by molar-refractivity contribution is 5.26. The number of benzene rings is 1. The highest BCUT2D eigenvalue weighted by Gasteiger charge is 2.13. The Morgan fingerprint density at radius 3 is 2.57 bits per heavy atom. The lowest BCUT2D eigenvalue weighted by molar-refractivity contribution is 0.0810. The van der Waals surface area contributed by atoms with Crippen LogP contribution >= 0.6 is 0 Å². The molecule has 14 heavy (non-hydrogen) atoms. The molecule has 1 aromatic rings. The van der Waals surface area contributed by atoms with Crippen LogP contribution in [0.15, 0.2) is 24.3 Å². The van der Waals surface area contributed by atoms with Gasteiger partial charge in [0, 0.05) is 12.5 Å². The monoisotopic (exact) mass is 193 g/mol. The third kappa shape index (κ3) is 3.48. The van der Waals surface area contributed by atoms with Gasteiger partial charge in [0.2, 0.25) is 0 Å². The standard InChI is InChI=1S/C12H19NO/c1-9(13)11-6-4-5-10(7-11)8-12(2,3)14/h4-7,9,14H,8,13H2,1-3H3. The van der Waals surface area contributed by atoms with Gasteiger partial charge in [-0.15, -0.1) is 0 Å². The summed E-state index contributed by atoms with van der Waals surface area (Å²) in [5.74, 6) is 0. The molecule has 0 bridgehead atoms. The van der Waals surface area contributed by atoms with Crippen molar-refractivity contribution in [3.63, 3.8) is 0 Å². The van der Waals surface area contributed by atoms with Crippen LogP contribution < -0.4 is 5.73 Å². The Bertz CT molecular complexity index is 299. The second-order valence-corrected chi connectivity index (χ2v) is 4.52. The topological polar surface area (TPSA) is 46.2 Å². The van der Waals surface area contributed by atoms with E-state index in [1.165, 1.54) is 0 Å². The molecule has 0 spiro atoms. The van der Waals surface area contributed by atoms with Crippen LogP contribution in [0.3, 0.4) is 0 Å². The molecule has 0 heterocycles. The Morgan fingerprint density at radius 2 is 2.07 bits per heavy atom. The molecule has 0 saturated carbocycles. The van der Waals surface area contributed by atoms with E-state index in [4.69, 9.17) is 5.73 Å². The van der Waals surface area contributed by atoms with E-state index < -0.39 is 5.60 Å². The van der Waals surface area contributed by atoms with Crippen LogP contribution in [0.2, 0.25) is 0 Å². The molecule has 0 saturated heterocycles. The fourth-order valence-corrected chi connectivity index (χ4v) is 1.49. The maximum absolute atomic E-state index is 9.67. The Balaban J connectivity index is 2.84. The first-order valence-electron chi connectivity index (χ1n) is 4.95. The zero-order chi connectivity index (χ0) is 10.8. The first-order valence-corrected chi connectivity index (χ1v) is 4.95. The van der Waals surface area contributed by atoms with Crippen LogP contribution in [0.1, 0.15) is 37.9 Å². The van der Waals surface area contributed by atoms with E-state index in [2.05, 4.69) is 6.07 Å². The SMILES string of the molecule is CC(N)c1cccc(CC(C)(C)O)c1. The number of rotatable bonds is 3. The summed E-state index contributed by atoms with van der Waals surface area (Å²) in [7, 11) is 0. The Hall–Kier alpha value is -0.860. The molecule has 0 aromatic heterocycles. The summed E-state index contributed by atoms with van der Waals surface area (Å²) in [4.78, 5) is 0. The van der Waals surface area contributed by atoms with Gasteiger partial charge in [-0.2, -0.15) is 0 Å². The molecule has 1 unspecified atom stereocenters. The quantitative estimate of drug-likeness (QED) is 0.771. The predicted octanol–water partition coefficient (Wildman–Crippen LogP) is 2.02. The van der Waals surface area contributed by atoms with Crippen molar-refractivity contribution in [1.29, 1.82) is 0 Å². The number of hydrogen-bond donors (Lipinski definition) is 2. The minimum Gasteiger partial charge on any atom is -0.390 e. The van der Waals surface area contributed by atoms with E-state index in [0.29, 0.717) is 6.42 Å². The van der Waals surface area contributed by atoms with E-state index in [1.807, 2.05) is 39.0 Å². The normalized spacial score (nSPS) is 14.1. The average molecular weight is 193 g/mol. The molecule has 0 aliphatic heterocycles. The van der Waals surface area contributed by atoms with Crippen LogP contribution in [0, 0.1) is 0 Å². The van der Waals surface area contributed by atoms with E-state index >= 15 is 0 Å². The van der Waals surface area contributed by atoms with E-state index in [-0.39, 0.29) is 6.04 Å². The molecule has 78 valence electrons. The van der Waals surface area contributed by atoms with Crippen molar-refractivity contribution in [1.82, 2.24) is 0 Å². The molecule has 1 rings (SSSR count). The molecular weight excluding hydrogens is 174 g/mol. The lowest BCUT2D eigenvalue weighted by atomic mass is 9.96. The largest absolute Gasteiger partial charge is 0.390 e. The molecule has 0 amide bonds. The summed E-state index contributed by atoms with van der Waals surface area (Å²) < 4.78 is 0. The molecule has 0 aliphatic rings. The van der Waals surface area contributed by atoms with Gasteiger partial charge in [-0.1, -0.05) is 24.3 Å². The Labute approximate surface area is 85.8 Å². The summed E-state index contributed by atoms with van der Waals surface area (Å²) in [6, 6.07) is 8.13. The van der Waals surface area contributed by atoms with Gasteiger partial charge in [0.05, 0.1) is 5.60 Å². The van der Waals surface area contributed by atoms with Crippen LogP contribution in [-0.4, -0.2) is 10.7 Å². The first-order chi connectivity index (χ1) is 6.38. The van der Waals surface area contributed by atoms with Crippen LogP contribution in [0.25, 0.3) is 0 Å². The van der Waals surface area contributed by atoms with E-state index in [1.54, 1.807) is 0 Å². The van der Waals surface area contributed by atoms with Crippen LogP contribution in [0.5, 0.6) is 0 Å². The summed E-state index contributed by atoms with van der Waals surface area (Å²) in [5, 5.41) is 9.67. The predicted molar refractivity (Wildman–Crippen MR) is 59.0 cm³/mol. The number of aliphatic hydroxyl groups is 1. The van der Waals surface area contributed by atoms with Gasteiger partial charge in [-0.05, 0) is 31.9 Å². The summed E-state index contributed by atoms with van der Waals surface area (Å²) >= 11 is 0. The molecule has 2 nitrogen and oxygen atoms in total. The lowest BCUT2D eigenvalue weighted by Gasteiger charge is -2.17. The summed E-state index contributed by atoms with van der Waals surface area (Å²) in [6.45, 7) is 5.58. The van der Waals surface area contributed by atoms with E-state index in [0.717, 1.165) is 11.1 Å². The zero-order valence-electron chi connectivity index (χ0n) is 9.12. The molecule has 2 heteroatoms. The third-order valence-corrected chi connectivity index (χ3v) is 2.11. The van der Waals surface area contributed by atoms with Crippen LogP contribution in [-0.2, 0) is 6.42 Å². The van der Waals surface area contributed by atoms with Gasteiger partial charge >= 0.3 is 0 Å². The van der Waals surface area contributed by atoms with Crippen LogP contribution in [0.4, 0.5) is 0 Å². The number of nitrogens with two attached hydrogens (primary N) is 1. The highest BCUT2D eigenvalue weighted by Crippen LogP contribution is 2.16. The lowest BCUT2D eigenvalue weighted by Crippen LogP contribution is -2.22. The van der Waals surface area contributed by atoms with E-state index in [9.17, 15) is 5.11 Å². The van der Waals surface area contributed by atoms with Gasteiger partial charge in [0.15, 0.2) is 0 Å². The van der Waals surface area contributed by atoms with Crippen molar-refractivity contribution in [2.75, 3.05) is 0 Å². The number of hydrogen-bond acceptors (Lipinski definition) is 2. The average Bonchev–Trinajstić information content (AvgIpc) is 2.01. The van der Waals surface area contributed by atoms with Crippen molar-refractivity contribution in [2.24, 2.45) is 5.73 Å². The summed E-state index contributed by atoms with van der Waals surface area (Å²) in [5.41, 5.74) is 7.38. The van der Waals surface area contributed by atoms with Gasteiger partial charge in [0.1, 0.15) is 0 Å². The van der Waals surface area contributed by atoms with Crippen molar-refractivity contribution < 1.29 is 5.11 Å². The molecule has 0 fully saturated rings. The molecule has 1 atom stereocenters. The first kappa shape index (κ1) is 11.2. The minimum atomic E-state index is -0.656. The van der Waals surface area contributed by atoms with Crippen molar-refractivity contribution in [3.8, 4) is 0 Å². The zero-order valence-corrected chi connectivity index (χ0v) is 9.12. The molecule has 1 aromatic carbocycles. The maximum atomic E-state index is 9.67. The summed E-state index contributed by atoms with van der Waals surface area (Å²) in [6.07, 6.45) is 0.660. The van der Waals surface area contributed by atoms with Crippen molar-refractivity contribution in [2.45, 2.75) is 38.8 Å². The second kappa shape index (κ2) is 4.11. The van der Waals surface area contributed by atoms with Gasteiger partial charge in [0.25, 0.3) is 0 Å². The molecule has 3 N–H and O–H groups in total. The minimum absolute atomic E-state index is 0.0526. The smallest absolute Gasteiger partial charge is 0.0631 e. The Kier molecular flexibility index (Phi) is 3.29. The molecule has 0 radical (unpaired) electrons. The fraction of sp³-hybridized carbons (Fsp3) is 0.500. The van der Waals surface area contributed by atoms with Gasteiger partial charge in [-0.25, -0.2) is 0 Å². The maximum Gasteiger partial charge on any atom is 0.0631 e. The fourth-order valence-electron chi connectivity index (χ4n) is 1.49. The third-order valence-electron chi connectivity index (χ3n) is 2.11. The Morgan fingerprint density at radius 1 is 1.43 bits per heavy atom.